The molecule has 1 amide bonds. The van der Waals surface area contributed by atoms with Crippen LogP contribution in [0.3, 0.4) is 0 Å². The maximum Gasteiger partial charge on any atom is 0.416 e. The summed E-state index contributed by atoms with van der Waals surface area (Å²) in [6.45, 7) is 1.83. The Morgan fingerprint density at radius 2 is 2.00 bits per heavy atom. The van der Waals surface area contributed by atoms with Gasteiger partial charge in [0.25, 0.3) is 0 Å². The van der Waals surface area contributed by atoms with E-state index in [0.29, 0.717) is 6.42 Å². The molecule has 0 spiro atoms. The van der Waals surface area contributed by atoms with Gasteiger partial charge in [-0.2, -0.15) is 13.2 Å². The molecule has 1 aromatic heterocycles. The Kier molecular flexibility index (Phi) is 4.30. The summed E-state index contributed by atoms with van der Waals surface area (Å²) in [5.41, 5.74) is 0.420. The Bertz CT molecular complexity index is 731. The van der Waals surface area contributed by atoms with Crippen LogP contribution in [0.1, 0.15) is 42.0 Å². The first-order valence-corrected chi connectivity index (χ1v) is 7.74. The van der Waals surface area contributed by atoms with Crippen LogP contribution in [0.2, 0.25) is 0 Å². The molecule has 1 N–H and O–H groups in total. The molecule has 1 aliphatic carbocycles. The van der Waals surface area contributed by atoms with Gasteiger partial charge in [-0.15, -0.1) is 0 Å². The van der Waals surface area contributed by atoms with Crippen LogP contribution >= 0.6 is 0 Å². The maximum atomic E-state index is 13.1. The van der Waals surface area contributed by atoms with E-state index in [2.05, 4.69) is 10.3 Å². The molecule has 3 nitrogen and oxygen atoms in total. The first-order chi connectivity index (χ1) is 11.4. The number of hydrogen-bond donors (Lipinski definition) is 1. The lowest BCUT2D eigenvalue weighted by Crippen LogP contribution is -2.28. The lowest BCUT2D eigenvalue weighted by molar-refractivity contribution is -0.138. The maximum absolute atomic E-state index is 13.1. The zero-order valence-corrected chi connectivity index (χ0v) is 13.0. The summed E-state index contributed by atoms with van der Waals surface area (Å²) in [6, 6.07) is 8.88. The molecule has 6 heteroatoms. The van der Waals surface area contributed by atoms with Crippen molar-refractivity contribution < 1.29 is 18.0 Å². The Hall–Kier alpha value is -2.37. The molecule has 0 bridgehead atoms. The van der Waals surface area contributed by atoms with E-state index in [1.54, 1.807) is 24.5 Å². The molecular weight excluding hydrogens is 317 g/mol. The van der Waals surface area contributed by atoms with Crippen molar-refractivity contribution >= 4 is 5.91 Å². The molecule has 1 fully saturated rings. The minimum absolute atomic E-state index is 0.208. The Balaban J connectivity index is 1.69. The molecule has 126 valence electrons. The van der Waals surface area contributed by atoms with Gasteiger partial charge < -0.3 is 5.32 Å². The summed E-state index contributed by atoms with van der Waals surface area (Å²) in [5, 5.41) is 2.86. The Morgan fingerprint density at radius 1 is 1.25 bits per heavy atom. The predicted octanol–water partition coefficient (Wildman–Crippen LogP) is 4.08. The van der Waals surface area contributed by atoms with Gasteiger partial charge in [0.15, 0.2) is 0 Å². The number of carbonyl (C=O) groups excluding carboxylic acids is 1. The van der Waals surface area contributed by atoms with Crippen LogP contribution in [0.4, 0.5) is 13.2 Å². The third-order valence-corrected chi connectivity index (χ3v) is 4.34. The Morgan fingerprint density at radius 3 is 2.67 bits per heavy atom. The lowest BCUT2D eigenvalue weighted by atomic mass is 10.0. The third kappa shape index (κ3) is 3.42. The summed E-state index contributed by atoms with van der Waals surface area (Å²) in [5.74, 6) is -0.995. The average Bonchev–Trinajstić information content (AvgIpc) is 3.35. The summed E-state index contributed by atoms with van der Waals surface area (Å²) in [7, 11) is 0. The van der Waals surface area contributed by atoms with Gasteiger partial charge in [0.05, 0.1) is 11.6 Å². The number of aromatic nitrogens is 1. The number of rotatable bonds is 4. The highest BCUT2D eigenvalue weighted by Gasteiger charge is 2.47. The van der Waals surface area contributed by atoms with Crippen LogP contribution in [-0.4, -0.2) is 10.9 Å². The summed E-state index contributed by atoms with van der Waals surface area (Å²) in [6.07, 6.45) is -0.654. The van der Waals surface area contributed by atoms with E-state index in [1.807, 2.05) is 13.0 Å². The highest BCUT2D eigenvalue weighted by atomic mass is 19.4. The molecular formula is C18H17F3N2O. The number of nitrogens with one attached hydrogen (secondary N) is 1. The van der Waals surface area contributed by atoms with E-state index in [1.165, 1.54) is 12.1 Å². The van der Waals surface area contributed by atoms with E-state index in [9.17, 15) is 18.0 Å². The number of amides is 1. The van der Waals surface area contributed by atoms with Crippen molar-refractivity contribution in [2.75, 3.05) is 0 Å². The number of halogens is 3. The zero-order chi connectivity index (χ0) is 17.3. The van der Waals surface area contributed by atoms with E-state index >= 15 is 0 Å². The first kappa shape index (κ1) is 16.5. The molecule has 3 rings (SSSR count). The Labute approximate surface area is 137 Å². The summed E-state index contributed by atoms with van der Waals surface area (Å²) < 4.78 is 39.3. The van der Waals surface area contributed by atoms with E-state index in [-0.39, 0.29) is 23.4 Å². The van der Waals surface area contributed by atoms with Gasteiger partial charge in [0.2, 0.25) is 5.91 Å². The normalized spacial score (nSPS) is 21.2. The fraction of sp³-hybridized carbons (Fsp3) is 0.333. The van der Waals surface area contributed by atoms with E-state index < -0.39 is 17.7 Å². The van der Waals surface area contributed by atoms with Crippen molar-refractivity contribution in [3.05, 3.63) is 65.5 Å². The van der Waals surface area contributed by atoms with Crippen molar-refractivity contribution in [3.8, 4) is 0 Å². The molecule has 0 saturated heterocycles. The smallest absolute Gasteiger partial charge is 0.349 e. The molecule has 0 radical (unpaired) electrons. The number of alkyl halides is 3. The molecule has 2 aromatic rings. The molecule has 24 heavy (non-hydrogen) atoms. The highest BCUT2D eigenvalue weighted by Crippen LogP contribution is 2.51. The van der Waals surface area contributed by atoms with Gasteiger partial charge in [0, 0.05) is 18.3 Å². The van der Waals surface area contributed by atoms with Gasteiger partial charge in [-0.1, -0.05) is 24.3 Å². The van der Waals surface area contributed by atoms with Crippen LogP contribution in [0.5, 0.6) is 0 Å². The number of nitrogens with zero attached hydrogens (tertiary/aromatic N) is 1. The van der Waals surface area contributed by atoms with Crippen molar-refractivity contribution in [2.45, 2.75) is 31.5 Å². The minimum atomic E-state index is -4.40. The third-order valence-electron chi connectivity index (χ3n) is 4.34. The van der Waals surface area contributed by atoms with Gasteiger partial charge >= 0.3 is 6.18 Å². The van der Waals surface area contributed by atoms with Crippen LogP contribution < -0.4 is 5.32 Å². The van der Waals surface area contributed by atoms with Crippen LogP contribution in [0.15, 0.2) is 48.8 Å². The number of benzene rings is 1. The largest absolute Gasteiger partial charge is 0.416 e. The molecule has 3 atom stereocenters. The predicted molar refractivity (Wildman–Crippen MR) is 83.1 cm³/mol. The fourth-order valence-electron chi connectivity index (χ4n) is 2.94. The zero-order valence-electron chi connectivity index (χ0n) is 13.0. The van der Waals surface area contributed by atoms with Gasteiger partial charge in [0.1, 0.15) is 0 Å². The van der Waals surface area contributed by atoms with Crippen molar-refractivity contribution in [1.29, 1.82) is 0 Å². The van der Waals surface area contributed by atoms with Crippen LogP contribution in [0, 0.1) is 5.92 Å². The van der Waals surface area contributed by atoms with Crippen molar-refractivity contribution in [3.63, 3.8) is 0 Å². The highest BCUT2D eigenvalue weighted by molar-refractivity contribution is 5.83. The monoisotopic (exact) mass is 334 g/mol. The molecule has 1 aromatic carbocycles. The lowest BCUT2D eigenvalue weighted by Gasteiger charge is -2.15. The SMILES string of the molecule is CC(NC(=O)C1CC1c1ccccc1C(F)(F)F)c1cccnc1. The molecule has 1 heterocycles. The number of pyridine rings is 1. The number of hydrogen-bond acceptors (Lipinski definition) is 2. The minimum Gasteiger partial charge on any atom is -0.349 e. The quantitative estimate of drug-likeness (QED) is 0.915. The second-order valence-electron chi connectivity index (χ2n) is 6.05. The molecule has 0 aliphatic heterocycles. The second kappa shape index (κ2) is 6.26. The topological polar surface area (TPSA) is 42.0 Å². The van der Waals surface area contributed by atoms with Gasteiger partial charge in [-0.3, -0.25) is 9.78 Å². The van der Waals surface area contributed by atoms with E-state index in [0.717, 1.165) is 11.6 Å². The first-order valence-electron chi connectivity index (χ1n) is 7.74. The molecule has 1 saturated carbocycles. The van der Waals surface area contributed by atoms with Crippen LogP contribution in [-0.2, 0) is 11.0 Å². The van der Waals surface area contributed by atoms with Crippen LogP contribution in [0.25, 0.3) is 0 Å². The summed E-state index contributed by atoms with van der Waals surface area (Å²) in [4.78, 5) is 16.3. The second-order valence-corrected chi connectivity index (χ2v) is 6.05. The van der Waals surface area contributed by atoms with Gasteiger partial charge in [-0.05, 0) is 42.5 Å². The van der Waals surface area contributed by atoms with E-state index in [4.69, 9.17) is 0 Å². The number of carbonyl (C=O) groups is 1. The fourth-order valence-corrected chi connectivity index (χ4v) is 2.94. The standard InChI is InChI=1S/C18H17F3N2O/c1-11(12-5-4-8-22-10-12)23-17(24)15-9-14(15)13-6-2-3-7-16(13)18(19,20)21/h2-8,10-11,14-15H,9H2,1H3,(H,23,24). The van der Waals surface area contributed by atoms with Crippen molar-refractivity contribution in [2.24, 2.45) is 5.92 Å². The average molecular weight is 334 g/mol. The molecule has 1 aliphatic rings. The summed E-state index contributed by atoms with van der Waals surface area (Å²) >= 11 is 0. The van der Waals surface area contributed by atoms with Gasteiger partial charge in [-0.25, -0.2) is 0 Å². The van der Waals surface area contributed by atoms with Crippen molar-refractivity contribution in [1.82, 2.24) is 10.3 Å². The molecule has 3 unspecified atom stereocenters.